The molecule has 0 aromatic carbocycles. The Morgan fingerprint density at radius 2 is 1.59 bits per heavy atom. The third kappa shape index (κ3) is 16.4. The smallest absolute Gasteiger partial charge is 0.550 e. The Balaban J connectivity index is 0. The molecular weight excluding hydrogens is 227 g/mol. The van der Waals surface area contributed by atoms with Crippen molar-refractivity contribution in [1.82, 2.24) is 0 Å². The van der Waals surface area contributed by atoms with Crippen molar-refractivity contribution >= 4 is 5.97 Å². The summed E-state index contributed by atoms with van der Waals surface area (Å²) in [6.45, 7) is 2.20. The van der Waals surface area contributed by atoms with Gasteiger partial charge in [0.25, 0.3) is 0 Å². The van der Waals surface area contributed by atoms with E-state index in [4.69, 9.17) is 0 Å². The number of carbonyl (C=O) groups excluding carboxylic acids is 1. The van der Waals surface area contributed by atoms with Gasteiger partial charge in [-0.05, 0) is 25.7 Å². The molecule has 0 saturated carbocycles. The van der Waals surface area contributed by atoms with Gasteiger partial charge in [0.15, 0.2) is 0 Å². The molecule has 0 bridgehead atoms. The number of carbonyl (C=O) groups is 1. The molecule has 0 aliphatic heterocycles. The number of rotatable bonds is 11. The van der Waals surface area contributed by atoms with Crippen LogP contribution in [0.4, 0.5) is 0 Å². The number of carboxylic acids is 1. The van der Waals surface area contributed by atoms with Crippen LogP contribution < -0.4 is 34.7 Å². The van der Waals surface area contributed by atoms with E-state index in [2.05, 4.69) is 6.92 Å². The molecule has 3 nitrogen and oxygen atoms in total. The molecule has 0 spiro atoms. The molecule has 0 saturated heterocycles. The number of hydrogen-bond acceptors (Lipinski definition) is 3. The number of hydrogen-bond donors (Lipinski definition) is 1. The minimum atomic E-state index is -1.02. The average molecular weight is 252 g/mol. The zero-order chi connectivity index (χ0) is 12.2. The van der Waals surface area contributed by atoms with Crippen molar-refractivity contribution in [1.29, 1.82) is 0 Å². The van der Waals surface area contributed by atoms with Crippen LogP contribution in [0.15, 0.2) is 0 Å². The minimum Gasteiger partial charge on any atom is -0.550 e. The zero-order valence-electron chi connectivity index (χ0n) is 11.4. The van der Waals surface area contributed by atoms with E-state index in [9.17, 15) is 15.0 Å². The van der Waals surface area contributed by atoms with Crippen LogP contribution in [0.5, 0.6) is 0 Å². The molecule has 1 unspecified atom stereocenters. The summed E-state index contributed by atoms with van der Waals surface area (Å²) in [5.41, 5.74) is 0. The van der Waals surface area contributed by atoms with Crippen LogP contribution in [0.2, 0.25) is 0 Å². The van der Waals surface area contributed by atoms with Crippen molar-refractivity contribution in [3.63, 3.8) is 0 Å². The van der Waals surface area contributed by atoms with Gasteiger partial charge in [-0.3, -0.25) is 0 Å². The van der Waals surface area contributed by atoms with Crippen molar-refractivity contribution in [2.24, 2.45) is 0 Å². The van der Waals surface area contributed by atoms with E-state index >= 15 is 0 Å². The fourth-order valence-electron chi connectivity index (χ4n) is 1.79. The second-order valence-electron chi connectivity index (χ2n) is 4.47. The molecule has 96 valence electrons. The maximum atomic E-state index is 10.1. The first kappa shape index (κ1) is 19.8. The van der Waals surface area contributed by atoms with Crippen molar-refractivity contribution in [2.45, 2.75) is 77.2 Å². The van der Waals surface area contributed by atoms with Crippen LogP contribution in [-0.2, 0) is 4.79 Å². The molecule has 1 atom stereocenters. The van der Waals surface area contributed by atoms with Crippen LogP contribution in [0.3, 0.4) is 0 Å². The first-order valence-corrected chi connectivity index (χ1v) is 6.54. The van der Waals surface area contributed by atoms with Gasteiger partial charge >= 0.3 is 29.6 Å². The van der Waals surface area contributed by atoms with Gasteiger partial charge in [0.05, 0.1) is 6.10 Å². The number of aliphatic hydroxyl groups excluding tert-OH is 1. The fraction of sp³-hybridized carbons (Fsp3) is 0.923. The summed E-state index contributed by atoms with van der Waals surface area (Å²) in [6, 6.07) is 0. The summed E-state index contributed by atoms with van der Waals surface area (Å²) in [7, 11) is 0. The quantitative estimate of drug-likeness (QED) is 0.380. The number of unbranched alkanes of at least 4 members (excludes halogenated alkanes) is 5. The molecule has 0 aromatic heterocycles. The van der Waals surface area contributed by atoms with E-state index in [0.29, 0.717) is 12.8 Å². The molecule has 0 aliphatic carbocycles. The molecule has 0 radical (unpaired) electrons. The Labute approximate surface area is 127 Å². The number of carboxylic acid groups (broad SMARTS) is 1. The topological polar surface area (TPSA) is 60.4 Å². The second-order valence-corrected chi connectivity index (χ2v) is 4.47. The van der Waals surface area contributed by atoms with E-state index in [-0.39, 0.29) is 42.1 Å². The Kier molecular flexibility index (Phi) is 16.8. The maximum absolute atomic E-state index is 10.1. The molecule has 0 rings (SSSR count). The Morgan fingerprint density at radius 1 is 1.06 bits per heavy atom. The van der Waals surface area contributed by atoms with Gasteiger partial charge in [-0.2, -0.15) is 0 Å². The first-order chi connectivity index (χ1) is 7.66. The second kappa shape index (κ2) is 14.5. The van der Waals surface area contributed by atoms with E-state index in [1.807, 2.05) is 0 Å². The van der Waals surface area contributed by atoms with Crippen LogP contribution in [0.1, 0.15) is 71.1 Å². The summed E-state index contributed by atoms with van der Waals surface area (Å²) in [4.78, 5) is 10.1. The Bertz CT molecular complexity index is 174. The summed E-state index contributed by atoms with van der Waals surface area (Å²) in [5, 5.41) is 19.7. The molecule has 0 fully saturated rings. The summed E-state index contributed by atoms with van der Waals surface area (Å²) >= 11 is 0. The van der Waals surface area contributed by atoms with Crippen LogP contribution >= 0.6 is 0 Å². The van der Waals surface area contributed by atoms with Gasteiger partial charge in [-0.15, -0.1) is 0 Å². The standard InChI is InChI=1S/C13H26O3.Na/c1-2-3-4-5-6-7-9-12(14)10-8-11-13(15)16;/h12,14H,2-11H2,1H3,(H,15,16);/q;+1/p-1. The van der Waals surface area contributed by atoms with Crippen molar-refractivity contribution < 1.29 is 44.6 Å². The molecule has 0 amide bonds. The molecular formula is C13H25NaO3. The van der Waals surface area contributed by atoms with Crippen LogP contribution in [-0.4, -0.2) is 17.2 Å². The van der Waals surface area contributed by atoms with E-state index in [1.165, 1.54) is 32.1 Å². The van der Waals surface area contributed by atoms with Gasteiger partial charge in [0, 0.05) is 5.97 Å². The monoisotopic (exact) mass is 252 g/mol. The SMILES string of the molecule is CCCCCCCCC(O)CCCC(=O)[O-].[Na+]. The van der Waals surface area contributed by atoms with Gasteiger partial charge in [0.1, 0.15) is 0 Å². The van der Waals surface area contributed by atoms with Crippen molar-refractivity contribution in [2.75, 3.05) is 0 Å². The molecule has 0 aromatic rings. The molecule has 1 N–H and O–H groups in total. The average Bonchev–Trinajstić information content (AvgIpc) is 2.22. The Hall–Kier alpha value is 0.430. The molecule has 17 heavy (non-hydrogen) atoms. The van der Waals surface area contributed by atoms with Gasteiger partial charge in [-0.25, -0.2) is 0 Å². The van der Waals surface area contributed by atoms with Crippen molar-refractivity contribution in [3.05, 3.63) is 0 Å². The third-order valence-electron chi connectivity index (χ3n) is 2.81. The number of aliphatic carboxylic acids is 1. The Morgan fingerprint density at radius 3 is 2.18 bits per heavy atom. The zero-order valence-corrected chi connectivity index (χ0v) is 13.4. The van der Waals surface area contributed by atoms with Gasteiger partial charge in [0.2, 0.25) is 0 Å². The van der Waals surface area contributed by atoms with Gasteiger partial charge in [-0.1, -0.05) is 45.4 Å². The van der Waals surface area contributed by atoms with E-state index in [0.717, 1.165) is 12.8 Å². The first-order valence-electron chi connectivity index (χ1n) is 6.54. The third-order valence-corrected chi connectivity index (χ3v) is 2.81. The van der Waals surface area contributed by atoms with Crippen LogP contribution in [0.25, 0.3) is 0 Å². The predicted molar refractivity (Wildman–Crippen MR) is 62.9 cm³/mol. The fourth-order valence-corrected chi connectivity index (χ4v) is 1.79. The summed E-state index contributed by atoms with van der Waals surface area (Å²) < 4.78 is 0. The summed E-state index contributed by atoms with van der Waals surface area (Å²) in [6.07, 6.45) is 8.98. The number of aliphatic hydroxyl groups is 1. The largest absolute Gasteiger partial charge is 1.00 e. The van der Waals surface area contributed by atoms with Gasteiger partial charge < -0.3 is 15.0 Å². The maximum Gasteiger partial charge on any atom is 1.00 e. The molecule has 0 aliphatic rings. The normalized spacial score (nSPS) is 11.9. The van der Waals surface area contributed by atoms with Crippen molar-refractivity contribution in [3.8, 4) is 0 Å². The van der Waals surface area contributed by atoms with E-state index in [1.54, 1.807) is 0 Å². The predicted octanol–water partition coefficient (Wildman–Crippen LogP) is -0.978. The minimum absolute atomic E-state index is 0. The molecule has 4 heteroatoms. The molecule has 0 heterocycles. The summed E-state index contributed by atoms with van der Waals surface area (Å²) in [5.74, 6) is -1.02. The van der Waals surface area contributed by atoms with Crippen LogP contribution in [0, 0.1) is 0 Å². The van der Waals surface area contributed by atoms with E-state index < -0.39 is 5.97 Å².